The van der Waals surface area contributed by atoms with E-state index in [1.165, 1.54) is 43.1 Å². The summed E-state index contributed by atoms with van der Waals surface area (Å²) >= 11 is 3.67. The quantitative estimate of drug-likeness (QED) is 0.387. The molecule has 0 atom stereocenters. The first kappa shape index (κ1) is 13.6. The van der Waals surface area contributed by atoms with Gasteiger partial charge in [0, 0.05) is 20.9 Å². The Hall–Kier alpha value is -2.06. The van der Waals surface area contributed by atoms with Gasteiger partial charge in [0.25, 0.3) is 0 Å². The van der Waals surface area contributed by atoms with Crippen molar-refractivity contribution in [3.05, 3.63) is 76.3 Å². The summed E-state index contributed by atoms with van der Waals surface area (Å²) in [4.78, 5) is 0. The van der Waals surface area contributed by atoms with Gasteiger partial charge in [-0.05, 0) is 49.2 Å². The molecule has 0 radical (unpaired) electrons. The number of nitrogens with zero attached hydrogens (tertiary/aromatic N) is 1. The fourth-order valence-corrected chi connectivity index (χ4v) is 3.48. The lowest BCUT2D eigenvalue weighted by Crippen LogP contribution is -1.96. The van der Waals surface area contributed by atoms with Gasteiger partial charge in [-0.25, -0.2) is 0 Å². The third-order valence-electron chi connectivity index (χ3n) is 4.26. The molecule has 0 N–H and O–H groups in total. The highest BCUT2D eigenvalue weighted by molar-refractivity contribution is 9.10. The molecule has 0 spiro atoms. The summed E-state index contributed by atoms with van der Waals surface area (Å²) < 4.78 is 3.55. The molecule has 0 saturated heterocycles. The zero-order valence-corrected chi connectivity index (χ0v) is 14.2. The Morgan fingerprint density at radius 2 is 1.18 bits per heavy atom. The fourth-order valence-electron chi connectivity index (χ4n) is 3.25. The molecule has 0 aliphatic heterocycles. The standard InChI is InChI=1S/C20H16BrN/c1-13-11-15(12-14(2)20(13)21)22-18-9-5-3-7-16(18)17-8-4-6-10-19(17)22/h3-12H,1-2H3. The number of hydrogen-bond donors (Lipinski definition) is 0. The highest BCUT2D eigenvalue weighted by atomic mass is 79.9. The molecule has 1 aromatic heterocycles. The van der Waals surface area contributed by atoms with Gasteiger partial charge in [-0.1, -0.05) is 52.3 Å². The summed E-state index contributed by atoms with van der Waals surface area (Å²) in [5.74, 6) is 0. The van der Waals surface area contributed by atoms with Crippen molar-refractivity contribution < 1.29 is 0 Å². The average molecular weight is 350 g/mol. The Kier molecular flexibility index (Phi) is 3.08. The van der Waals surface area contributed by atoms with E-state index < -0.39 is 0 Å². The van der Waals surface area contributed by atoms with Gasteiger partial charge in [0.1, 0.15) is 0 Å². The number of para-hydroxylation sites is 2. The molecule has 0 bridgehead atoms. The molecule has 1 nitrogen and oxygen atoms in total. The van der Waals surface area contributed by atoms with Crippen LogP contribution in [0.3, 0.4) is 0 Å². The highest BCUT2D eigenvalue weighted by Gasteiger charge is 2.12. The second-order valence-corrected chi connectivity index (χ2v) is 6.56. The van der Waals surface area contributed by atoms with Crippen LogP contribution >= 0.6 is 15.9 Å². The number of fused-ring (bicyclic) bond motifs is 3. The van der Waals surface area contributed by atoms with Gasteiger partial charge in [0.2, 0.25) is 0 Å². The highest BCUT2D eigenvalue weighted by Crippen LogP contribution is 2.33. The second-order valence-electron chi connectivity index (χ2n) is 5.76. The van der Waals surface area contributed by atoms with Gasteiger partial charge in [-0.2, -0.15) is 0 Å². The average Bonchev–Trinajstić information content (AvgIpc) is 2.87. The third-order valence-corrected chi connectivity index (χ3v) is 5.51. The number of hydrogen-bond acceptors (Lipinski definition) is 0. The molecule has 108 valence electrons. The Labute approximate surface area is 138 Å². The van der Waals surface area contributed by atoms with E-state index in [4.69, 9.17) is 0 Å². The number of aryl methyl sites for hydroxylation is 2. The minimum absolute atomic E-state index is 1.19. The first-order chi connectivity index (χ1) is 10.7. The molecule has 0 fully saturated rings. The lowest BCUT2D eigenvalue weighted by atomic mass is 10.1. The van der Waals surface area contributed by atoms with Crippen molar-refractivity contribution in [1.29, 1.82) is 0 Å². The predicted octanol–water partition coefficient (Wildman–Crippen LogP) is 6.16. The van der Waals surface area contributed by atoms with Crippen molar-refractivity contribution in [3.8, 4) is 5.69 Å². The van der Waals surface area contributed by atoms with Crippen LogP contribution in [0.25, 0.3) is 27.5 Å². The number of halogens is 1. The summed E-state index contributed by atoms with van der Waals surface area (Å²) in [5, 5.41) is 2.60. The maximum atomic E-state index is 3.67. The van der Waals surface area contributed by atoms with E-state index in [1.807, 2.05) is 0 Å². The molecule has 3 aromatic carbocycles. The molecular formula is C20H16BrN. The Morgan fingerprint density at radius 3 is 1.68 bits per heavy atom. The van der Waals surface area contributed by atoms with Gasteiger partial charge >= 0.3 is 0 Å². The Morgan fingerprint density at radius 1 is 0.727 bits per heavy atom. The zero-order valence-electron chi connectivity index (χ0n) is 12.6. The van der Waals surface area contributed by atoms with Crippen molar-refractivity contribution in [1.82, 2.24) is 4.57 Å². The monoisotopic (exact) mass is 349 g/mol. The minimum atomic E-state index is 1.19. The number of benzene rings is 3. The molecule has 0 aliphatic rings. The molecule has 4 rings (SSSR count). The van der Waals surface area contributed by atoms with E-state index in [0.717, 1.165) is 0 Å². The van der Waals surface area contributed by atoms with Gasteiger partial charge < -0.3 is 4.57 Å². The summed E-state index contributed by atoms with van der Waals surface area (Å²) in [7, 11) is 0. The first-order valence-corrected chi connectivity index (χ1v) is 8.21. The lowest BCUT2D eigenvalue weighted by molar-refractivity contribution is 1.15. The van der Waals surface area contributed by atoms with Crippen LogP contribution in [0, 0.1) is 13.8 Å². The van der Waals surface area contributed by atoms with Crippen molar-refractivity contribution in [2.45, 2.75) is 13.8 Å². The van der Waals surface area contributed by atoms with Crippen molar-refractivity contribution in [3.63, 3.8) is 0 Å². The molecular weight excluding hydrogens is 334 g/mol. The van der Waals surface area contributed by atoms with Crippen LogP contribution in [0.15, 0.2) is 65.1 Å². The summed E-state index contributed by atoms with van der Waals surface area (Å²) in [6, 6.07) is 21.7. The van der Waals surface area contributed by atoms with E-state index in [9.17, 15) is 0 Å². The van der Waals surface area contributed by atoms with Crippen LogP contribution in [-0.2, 0) is 0 Å². The molecule has 0 amide bonds. The lowest BCUT2D eigenvalue weighted by Gasteiger charge is -2.12. The third kappa shape index (κ3) is 1.91. The minimum Gasteiger partial charge on any atom is -0.309 e. The first-order valence-electron chi connectivity index (χ1n) is 7.42. The zero-order chi connectivity index (χ0) is 15.3. The van der Waals surface area contributed by atoms with E-state index in [1.54, 1.807) is 0 Å². The largest absolute Gasteiger partial charge is 0.309 e. The molecule has 22 heavy (non-hydrogen) atoms. The van der Waals surface area contributed by atoms with Gasteiger partial charge in [-0.15, -0.1) is 0 Å². The molecule has 0 unspecified atom stereocenters. The summed E-state index contributed by atoms with van der Waals surface area (Å²) in [5.41, 5.74) is 6.25. The van der Waals surface area contributed by atoms with Crippen LogP contribution in [-0.4, -0.2) is 4.57 Å². The predicted molar refractivity (Wildman–Crippen MR) is 98.0 cm³/mol. The van der Waals surface area contributed by atoms with Crippen LogP contribution in [0.4, 0.5) is 0 Å². The number of rotatable bonds is 1. The van der Waals surface area contributed by atoms with Crippen LogP contribution in [0.1, 0.15) is 11.1 Å². The molecule has 4 aromatic rings. The maximum Gasteiger partial charge on any atom is 0.0541 e. The van der Waals surface area contributed by atoms with Crippen LogP contribution < -0.4 is 0 Å². The Bertz CT molecular complexity index is 935. The van der Waals surface area contributed by atoms with Gasteiger partial charge in [-0.3, -0.25) is 0 Å². The molecule has 1 heterocycles. The number of aromatic nitrogens is 1. The molecule has 0 aliphatic carbocycles. The van der Waals surface area contributed by atoms with Gasteiger partial charge in [0.15, 0.2) is 0 Å². The van der Waals surface area contributed by atoms with Crippen molar-refractivity contribution >= 4 is 37.7 Å². The Balaban J connectivity index is 2.17. The van der Waals surface area contributed by atoms with E-state index in [0.29, 0.717) is 0 Å². The fraction of sp³-hybridized carbons (Fsp3) is 0.100. The van der Waals surface area contributed by atoms with E-state index >= 15 is 0 Å². The summed E-state index contributed by atoms with van der Waals surface area (Å²) in [6.45, 7) is 4.29. The van der Waals surface area contributed by atoms with E-state index in [2.05, 4.69) is 95.0 Å². The topological polar surface area (TPSA) is 4.93 Å². The molecule has 2 heteroatoms. The SMILES string of the molecule is Cc1cc(-n2c3ccccc3c3ccccc32)cc(C)c1Br. The van der Waals surface area contributed by atoms with E-state index in [-0.39, 0.29) is 0 Å². The van der Waals surface area contributed by atoms with Crippen LogP contribution in [0.2, 0.25) is 0 Å². The molecule has 0 saturated carbocycles. The van der Waals surface area contributed by atoms with Crippen molar-refractivity contribution in [2.75, 3.05) is 0 Å². The maximum absolute atomic E-state index is 3.67. The normalized spacial score (nSPS) is 11.4. The summed E-state index contributed by atoms with van der Waals surface area (Å²) in [6.07, 6.45) is 0. The van der Waals surface area contributed by atoms with Crippen molar-refractivity contribution in [2.24, 2.45) is 0 Å². The van der Waals surface area contributed by atoms with Crippen LogP contribution in [0.5, 0.6) is 0 Å². The smallest absolute Gasteiger partial charge is 0.0541 e. The second kappa shape index (κ2) is 4.99. The van der Waals surface area contributed by atoms with Gasteiger partial charge in [0.05, 0.1) is 11.0 Å².